The van der Waals surface area contributed by atoms with Gasteiger partial charge in [-0.3, -0.25) is 4.79 Å². The van der Waals surface area contributed by atoms with Gasteiger partial charge in [-0.25, -0.2) is 0 Å². The standard InChI is InChI=1S/C10H9F3O3/c1-2-15-9-5-8(16-10(11,12)13)4-3-7(9)6-14/h3-6H,2H2,1H3. The van der Waals surface area contributed by atoms with Crippen LogP contribution < -0.4 is 9.47 Å². The average Bonchev–Trinajstić information content (AvgIpc) is 2.16. The Balaban J connectivity index is 2.97. The van der Waals surface area contributed by atoms with E-state index in [9.17, 15) is 18.0 Å². The van der Waals surface area contributed by atoms with E-state index in [1.165, 1.54) is 6.07 Å². The molecule has 0 unspecified atom stereocenters. The SMILES string of the molecule is CCOc1cc(OC(F)(F)F)ccc1C=O. The quantitative estimate of drug-likeness (QED) is 0.751. The minimum atomic E-state index is -4.76. The molecule has 16 heavy (non-hydrogen) atoms. The third-order valence-corrected chi connectivity index (χ3v) is 1.65. The van der Waals surface area contributed by atoms with Crippen LogP contribution in [0.5, 0.6) is 11.5 Å². The van der Waals surface area contributed by atoms with Gasteiger partial charge in [0, 0.05) is 6.07 Å². The molecule has 0 N–H and O–H groups in total. The van der Waals surface area contributed by atoms with Crippen molar-refractivity contribution in [1.82, 2.24) is 0 Å². The van der Waals surface area contributed by atoms with Crippen molar-refractivity contribution in [3.05, 3.63) is 23.8 Å². The van der Waals surface area contributed by atoms with E-state index in [1.807, 2.05) is 0 Å². The number of rotatable bonds is 4. The molecule has 0 amide bonds. The number of carbonyl (C=O) groups excluding carboxylic acids is 1. The van der Waals surface area contributed by atoms with Crippen LogP contribution in [0.1, 0.15) is 17.3 Å². The molecule has 0 aliphatic carbocycles. The minimum absolute atomic E-state index is 0.0688. The van der Waals surface area contributed by atoms with Gasteiger partial charge in [0.05, 0.1) is 12.2 Å². The predicted octanol–water partition coefficient (Wildman–Crippen LogP) is 2.80. The molecule has 0 spiro atoms. The lowest BCUT2D eigenvalue weighted by Gasteiger charge is -2.11. The van der Waals surface area contributed by atoms with E-state index in [-0.39, 0.29) is 17.9 Å². The van der Waals surface area contributed by atoms with E-state index in [2.05, 4.69) is 4.74 Å². The second-order valence-corrected chi connectivity index (χ2v) is 2.80. The zero-order chi connectivity index (χ0) is 12.2. The monoisotopic (exact) mass is 234 g/mol. The molecule has 6 heteroatoms. The van der Waals surface area contributed by atoms with Gasteiger partial charge >= 0.3 is 6.36 Å². The summed E-state index contributed by atoms with van der Waals surface area (Å²) in [6, 6.07) is 3.29. The lowest BCUT2D eigenvalue weighted by atomic mass is 10.2. The number of aldehydes is 1. The highest BCUT2D eigenvalue weighted by atomic mass is 19.4. The summed E-state index contributed by atoms with van der Waals surface area (Å²) in [7, 11) is 0. The van der Waals surface area contributed by atoms with Crippen molar-refractivity contribution in [1.29, 1.82) is 0 Å². The maximum absolute atomic E-state index is 11.9. The normalized spacial score (nSPS) is 11.0. The molecular formula is C10H9F3O3. The molecule has 0 radical (unpaired) electrons. The molecule has 0 saturated heterocycles. The molecule has 88 valence electrons. The largest absolute Gasteiger partial charge is 0.573 e. The summed E-state index contributed by atoms with van der Waals surface area (Å²) in [6.45, 7) is 1.90. The lowest BCUT2D eigenvalue weighted by molar-refractivity contribution is -0.274. The van der Waals surface area contributed by atoms with Crippen molar-refractivity contribution < 1.29 is 27.4 Å². The number of carbonyl (C=O) groups is 1. The number of hydrogen-bond acceptors (Lipinski definition) is 3. The molecule has 0 atom stereocenters. The highest BCUT2D eigenvalue weighted by Gasteiger charge is 2.31. The van der Waals surface area contributed by atoms with Gasteiger partial charge in [-0.2, -0.15) is 0 Å². The molecule has 1 rings (SSSR count). The van der Waals surface area contributed by atoms with Gasteiger partial charge in [0.15, 0.2) is 6.29 Å². The lowest BCUT2D eigenvalue weighted by Crippen LogP contribution is -2.17. The average molecular weight is 234 g/mol. The number of hydrogen-bond donors (Lipinski definition) is 0. The number of ether oxygens (including phenoxy) is 2. The molecule has 0 aromatic heterocycles. The molecular weight excluding hydrogens is 225 g/mol. The second-order valence-electron chi connectivity index (χ2n) is 2.80. The van der Waals surface area contributed by atoms with E-state index in [0.29, 0.717) is 6.29 Å². The van der Waals surface area contributed by atoms with Crippen LogP contribution in [-0.4, -0.2) is 19.3 Å². The molecule has 1 aromatic rings. The summed E-state index contributed by atoms with van der Waals surface area (Å²) in [6.07, 6.45) is -4.26. The summed E-state index contributed by atoms with van der Waals surface area (Å²) in [5.74, 6) is -0.346. The second kappa shape index (κ2) is 4.87. The van der Waals surface area contributed by atoms with Crippen LogP contribution in [0.2, 0.25) is 0 Å². The zero-order valence-corrected chi connectivity index (χ0v) is 8.38. The van der Waals surface area contributed by atoms with Gasteiger partial charge in [0.25, 0.3) is 0 Å². The van der Waals surface area contributed by atoms with Gasteiger partial charge in [-0.05, 0) is 19.1 Å². The summed E-state index contributed by atoms with van der Waals surface area (Å²) in [4.78, 5) is 10.6. The molecule has 0 aliphatic heterocycles. The van der Waals surface area contributed by atoms with Gasteiger partial charge in [0.1, 0.15) is 11.5 Å². The first kappa shape index (κ1) is 12.4. The highest BCUT2D eigenvalue weighted by molar-refractivity contribution is 5.79. The topological polar surface area (TPSA) is 35.5 Å². The summed E-state index contributed by atoms with van der Waals surface area (Å²) >= 11 is 0. The van der Waals surface area contributed by atoms with Crippen molar-refractivity contribution in [2.24, 2.45) is 0 Å². The minimum Gasteiger partial charge on any atom is -0.493 e. The Morgan fingerprint density at radius 1 is 1.38 bits per heavy atom. The maximum Gasteiger partial charge on any atom is 0.573 e. The molecule has 0 heterocycles. The predicted molar refractivity (Wildman–Crippen MR) is 49.7 cm³/mol. The Morgan fingerprint density at radius 2 is 2.06 bits per heavy atom. The van der Waals surface area contributed by atoms with Crippen molar-refractivity contribution in [2.75, 3.05) is 6.61 Å². The molecule has 1 aromatic carbocycles. The van der Waals surface area contributed by atoms with Crippen LogP contribution in [0.4, 0.5) is 13.2 Å². The first-order valence-electron chi connectivity index (χ1n) is 4.44. The van der Waals surface area contributed by atoms with E-state index >= 15 is 0 Å². The Hall–Kier alpha value is -1.72. The molecule has 0 bridgehead atoms. The smallest absolute Gasteiger partial charge is 0.493 e. The Labute approximate surface area is 89.8 Å². The van der Waals surface area contributed by atoms with Crippen molar-refractivity contribution in [3.63, 3.8) is 0 Å². The van der Waals surface area contributed by atoms with E-state index in [0.717, 1.165) is 12.1 Å². The number of alkyl halides is 3. The van der Waals surface area contributed by atoms with E-state index in [1.54, 1.807) is 6.92 Å². The first-order chi connectivity index (χ1) is 7.46. The van der Waals surface area contributed by atoms with Crippen molar-refractivity contribution >= 4 is 6.29 Å². The molecule has 0 saturated carbocycles. The number of halogens is 3. The molecule has 3 nitrogen and oxygen atoms in total. The fourth-order valence-corrected chi connectivity index (χ4v) is 1.09. The fourth-order valence-electron chi connectivity index (χ4n) is 1.09. The van der Waals surface area contributed by atoms with E-state index < -0.39 is 12.1 Å². The summed E-state index contributed by atoms with van der Waals surface area (Å²) < 4.78 is 44.4. The Kier molecular flexibility index (Phi) is 3.76. The van der Waals surface area contributed by atoms with Gasteiger partial charge in [0.2, 0.25) is 0 Å². The summed E-state index contributed by atoms with van der Waals surface area (Å²) in [5.41, 5.74) is 0.177. The Morgan fingerprint density at radius 3 is 2.56 bits per heavy atom. The fraction of sp³-hybridized carbons (Fsp3) is 0.300. The third-order valence-electron chi connectivity index (χ3n) is 1.65. The van der Waals surface area contributed by atoms with E-state index in [4.69, 9.17) is 4.74 Å². The number of benzene rings is 1. The van der Waals surface area contributed by atoms with Crippen LogP contribution in [0.15, 0.2) is 18.2 Å². The maximum atomic E-state index is 11.9. The van der Waals surface area contributed by atoms with Crippen molar-refractivity contribution in [3.8, 4) is 11.5 Å². The van der Waals surface area contributed by atoms with Crippen LogP contribution in [0.25, 0.3) is 0 Å². The van der Waals surface area contributed by atoms with Crippen molar-refractivity contribution in [2.45, 2.75) is 13.3 Å². The zero-order valence-electron chi connectivity index (χ0n) is 8.38. The Bertz CT molecular complexity index is 374. The molecule has 0 fully saturated rings. The van der Waals surface area contributed by atoms with Gasteiger partial charge in [-0.1, -0.05) is 0 Å². The van der Waals surface area contributed by atoms with Crippen LogP contribution in [0, 0.1) is 0 Å². The highest BCUT2D eigenvalue weighted by Crippen LogP contribution is 2.28. The van der Waals surface area contributed by atoms with Crippen LogP contribution >= 0.6 is 0 Å². The van der Waals surface area contributed by atoms with Gasteiger partial charge in [-0.15, -0.1) is 13.2 Å². The van der Waals surface area contributed by atoms with Crippen LogP contribution in [-0.2, 0) is 0 Å². The van der Waals surface area contributed by atoms with Gasteiger partial charge < -0.3 is 9.47 Å². The molecule has 0 aliphatic rings. The summed E-state index contributed by atoms with van der Waals surface area (Å²) in [5, 5.41) is 0. The van der Waals surface area contributed by atoms with Crippen LogP contribution in [0.3, 0.4) is 0 Å². The first-order valence-corrected chi connectivity index (χ1v) is 4.44. The third kappa shape index (κ3) is 3.45.